The molecule has 0 aromatic heterocycles. The Morgan fingerprint density at radius 2 is 1.67 bits per heavy atom. The van der Waals surface area contributed by atoms with E-state index in [2.05, 4.69) is 39.6 Å². The van der Waals surface area contributed by atoms with Crippen molar-refractivity contribution in [1.29, 1.82) is 0 Å². The molecule has 0 amide bonds. The summed E-state index contributed by atoms with van der Waals surface area (Å²) in [5.74, 6) is 1.59. The van der Waals surface area contributed by atoms with Crippen molar-refractivity contribution in [3.05, 3.63) is 0 Å². The first-order valence-electron chi connectivity index (χ1n) is 6.39. The zero-order valence-corrected chi connectivity index (χ0v) is 11.3. The summed E-state index contributed by atoms with van der Waals surface area (Å²) in [7, 11) is 2.21. The molecular formula is C13H30N2. The van der Waals surface area contributed by atoms with Crippen LogP contribution in [-0.2, 0) is 0 Å². The minimum atomic E-state index is 0.664. The van der Waals surface area contributed by atoms with Gasteiger partial charge in [0.2, 0.25) is 0 Å². The molecule has 0 heterocycles. The van der Waals surface area contributed by atoms with Gasteiger partial charge in [-0.1, -0.05) is 13.8 Å². The largest absolute Gasteiger partial charge is 0.330 e. The molecule has 0 aliphatic rings. The predicted octanol–water partition coefficient (Wildman–Crippen LogP) is 2.73. The van der Waals surface area contributed by atoms with Crippen molar-refractivity contribution < 1.29 is 0 Å². The molecule has 1 unspecified atom stereocenters. The number of rotatable bonds is 8. The van der Waals surface area contributed by atoms with Gasteiger partial charge in [-0.05, 0) is 65.1 Å². The highest BCUT2D eigenvalue weighted by atomic mass is 15.1. The number of nitrogens with two attached hydrogens (primary N) is 1. The molecule has 0 aromatic carbocycles. The van der Waals surface area contributed by atoms with Gasteiger partial charge >= 0.3 is 0 Å². The van der Waals surface area contributed by atoms with E-state index in [9.17, 15) is 0 Å². The molecule has 2 nitrogen and oxygen atoms in total. The number of hydrogen-bond acceptors (Lipinski definition) is 2. The van der Waals surface area contributed by atoms with Gasteiger partial charge in [0.25, 0.3) is 0 Å². The third kappa shape index (κ3) is 6.91. The number of nitrogens with zero attached hydrogens (tertiary/aromatic N) is 1. The summed E-state index contributed by atoms with van der Waals surface area (Å²) >= 11 is 0. The number of hydrogen-bond donors (Lipinski definition) is 1. The van der Waals surface area contributed by atoms with E-state index in [-0.39, 0.29) is 0 Å². The van der Waals surface area contributed by atoms with Crippen molar-refractivity contribution >= 4 is 0 Å². The van der Waals surface area contributed by atoms with Crippen molar-refractivity contribution in [3.63, 3.8) is 0 Å². The Hall–Kier alpha value is -0.0800. The summed E-state index contributed by atoms with van der Waals surface area (Å²) < 4.78 is 0. The summed E-state index contributed by atoms with van der Waals surface area (Å²) in [6.07, 6.45) is 3.81. The van der Waals surface area contributed by atoms with Gasteiger partial charge in [-0.3, -0.25) is 0 Å². The fourth-order valence-electron chi connectivity index (χ4n) is 1.89. The average Bonchev–Trinajstić information content (AvgIpc) is 2.15. The molecule has 0 fully saturated rings. The van der Waals surface area contributed by atoms with Gasteiger partial charge in [-0.25, -0.2) is 0 Å². The molecule has 2 heteroatoms. The summed E-state index contributed by atoms with van der Waals surface area (Å²) in [6, 6.07) is 0.664. The Balaban J connectivity index is 3.70. The molecule has 0 spiro atoms. The molecule has 0 rings (SSSR count). The van der Waals surface area contributed by atoms with Crippen molar-refractivity contribution in [2.75, 3.05) is 20.1 Å². The van der Waals surface area contributed by atoms with Crippen molar-refractivity contribution in [2.45, 2.75) is 53.0 Å². The highest BCUT2D eigenvalue weighted by Crippen LogP contribution is 2.20. The van der Waals surface area contributed by atoms with Gasteiger partial charge in [0.05, 0.1) is 0 Å². The van der Waals surface area contributed by atoms with Gasteiger partial charge < -0.3 is 10.6 Å². The lowest BCUT2D eigenvalue weighted by atomic mass is 9.88. The zero-order chi connectivity index (χ0) is 11.8. The Labute approximate surface area is 96.2 Å². The Kier molecular flexibility index (Phi) is 8.07. The van der Waals surface area contributed by atoms with Crippen molar-refractivity contribution in [3.8, 4) is 0 Å². The van der Waals surface area contributed by atoms with E-state index in [4.69, 9.17) is 5.73 Å². The van der Waals surface area contributed by atoms with Gasteiger partial charge in [-0.2, -0.15) is 0 Å². The molecule has 0 saturated carbocycles. The molecule has 92 valence electrons. The summed E-state index contributed by atoms with van der Waals surface area (Å²) in [4.78, 5) is 2.42. The van der Waals surface area contributed by atoms with Crippen LogP contribution in [0.1, 0.15) is 47.0 Å². The maximum Gasteiger partial charge on any atom is 0.00355 e. The molecule has 1 atom stereocenters. The lowest BCUT2D eigenvalue weighted by Gasteiger charge is -2.24. The first-order valence-corrected chi connectivity index (χ1v) is 6.39. The first kappa shape index (κ1) is 14.9. The first-order chi connectivity index (χ1) is 6.99. The Bertz CT molecular complexity index is 143. The Morgan fingerprint density at radius 3 is 2.07 bits per heavy atom. The molecule has 0 aliphatic heterocycles. The Morgan fingerprint density at radius 1 is 1.07 bits per heavy atom. The van der Waals surface area contributed by atoms with Crippen LogP contribution >= 0.6 is 0 Å². The van der Waals surface area contributed by atoms with Crippen molar-refractivity contribution in [2.24, 2.45) is 17.6 Å². The van der Waals surface area contributed by atoms with E-state index in [1.54, 1.807) is 0 Å². The van der Waals surface area contributed by atoms with E-state index in [0.29, 0.717) is 6.04 Å². The maximum atomic E-state index is 5.64. The van der Waals surface area contributed by atoms with E-state index in [1.165, 1.54) is 25.8 Å². The molecule has 0 aliphatic carbocycles. The van der Waals surface area contributed by atoms with E-state index < -0.39 is 0 Å². The molecule has 0 aromatic rings. The van der Waals surface area contributed by atoms with Gasteiger partial charge in [0, 0.05) is 6.04 Å². The van der Waals surface area contributed by atoms with Crippen LogP contribution in [0.4, 0.5) is 0 Å². The van der Waals surface area contributed by atoms with E-state index in [1.807, 2.05) is 0 Å². The average molecular weight is 214 g/mol. The molecule has 15 heavy (non-hydrogen) atoms. The van der Waals surface area contributed by atoms with Crippen LogP contribution in [0.3, 0.4) is 0 Å². The van der Waals surface area contributed by atoms with Crippen molar-refractivity contribution in [1.82, 2.24) is 4.90 Å². The van der Waals surface area contributed by atoms with Gasteiger partial charge in [-0.15, -0.1) is 0 Å². The van der Waals surface area contributed by atoms with Gasteiger partial charge in [0.15, 0.2) is 0 Å². The molecular weight excluding hydrogens is 184 g/mol. The maximum absolute atomic E-state index is 5.64. The van der Waals surface area contributed by atoms with Crippen LogP contribution in [0.2, 0.25) is 0 Å². The summed E-state index contributed by atoms with van der Waals surface area (Å²) in [5.41, 5.74) is 5.64. The van der Waals surface area contributed by atoms with Gasteiger partial charge in [0.1, 0.15) is 0 Å². The molecule has 2 N–H and O–H groups in total. The second-order valence-corrected chi connectivity index (χ2v) is 5.30. The molecule has 0 bridgehead atoms. The quantitative estimate of drug-likeness (QED) is 0.673. The third-order valence-electron chi connectivity index (χ3n) is 3.45. The highest BCUT2D eigenvalue weighted by molar-refractivity contribution is 4.66. The topological polar surface area (TPSA) is 29.3 Å². The third-order valence-corrected chi connectivity index (χ3v) is 3.45. The minimum absolute atomic E-state index is 0.664. The standard InChI is InChI=1S/C13H30N2/c1-11(2)13(8-9-14)7-6-10-15(5)12(3)4/h11-13H,6-10,14H2,1-5H3. The zero-order valence-electron chi connectivity index (χ0n) is 11.3. The normalized spacial score (nSPS) is 14.2. The second-order valence-electron chi connectivity index (χ2n) is 5.30. The fourth-order valence-corrected chi connectivity index (χ4v) is 1.89. The van der Waals surface area contributed by atoms with Crippen LogP contribution in [-0.4, -0.2) is 31.1 Å². The minimum Gasteiger partial charge on any atom is -0.330 e. The van der Waals surface area contributed by atoms with Crippen LogP contribution in [0.5, 0.6) is 0 Å². The fraction of sp³-hybridized carbons (Fsp3) is 1.00. The van der Waals surface area contributed by atoms with Crippen LogP contribution in [0.25, 0.3) is 0 Å². The monoisotopic (exact) mass is 214 g/mol. The smallest absolute Gasteiger partial charge is 0.00355 e. The second kappa shape index (κ2) is 8.12. The van der Waals surface area contributed by atoms with Crippen LogP contribution in [0.15, 0.2) is 0 Å². The SMILES string of the molecule is CC(C)C(CCN)CCCN(C)C(C)C. The highest BCUT2D eigenvalue weighted by Gasteiger charge is 2.12. The predicted molar refractivity (Wildman–Crippen MR) is 69.0 cm³/mol. The van der Waals surface area contributed by atoms with E-state index >= 15 is 0 Å². The van der Waals surface area contributed by atoms with E-state index in [0.717, 1.165) is 18.4 Å². The van der Waals surface area contributed by atoms with Crippen LogP contribution < -0.4 is 5.73 Å². The lowest BCUT2D eigenvalue weighted by Crippen LogP contribution is -2.28. The summed E-state index contributed by atoms with van der Waals surface area (Å²) in [5, 5.41) is 0. The summed E-state index contributed by atoms with van der Waals surface area (Å²) in [6.45, 7) is 11.2. The van der Waals surface area contributed by atoms with Crippen LogP contribution in [0, 0.1) is 11.8 Å². The molecule has 0 radical (unpaired) electrons. The molecule has 0 saturated heterocycles. The lowest BCUT2D eigenvalue weighted by molar-refractivity contribution is 0.247.